The Balaban J connectivity index is 1.60. The first-order valence-electron chi connectivity index (χ1n) is 7.52. The zero-order valence-corrected chi connectivity index (χ0v) is 13.8. The molecule has 3 aromatic rings. The van der Waals surface area contributed by atoms with Gasteiger partial charge in [0.15, 0.2) is 0 Å². The Morgan fingerprint density at radius 2 is 1.83 bits per heavy atom. The maximum absolute atomic E-state index is 12.2. The van der Waals surface area contributed by atoms with Crippen LogP contribution in [0.25, 0.3) is 11.0 Å². The van der Waals surface area contributed by atoms with E-state index in [4.69, 9.17) is 11.6 Å². The Bertz CT molecular complexity index is 914. The molecule has 0 aliphatic heterocycles. The van der Waals surface area contributed by atoms with E-state index in [2.05, 4.69) is 20.6 Å². The number of rotatable bonds is 5. The number of aromatic nitrogens is 2. The normalized spacial score (nSPS) is 12.1. The van der Waals surface area contributed by atoms with Gasteiger partial charge in [-0.2, -0.15) is 0 Å². The Labute approximate surface area is 143 Å². The summed E-state index contributed by atoms with van der Waals surface area (Å²) in [6.45, 7) is 2.22. The molecule has 24 heavy (non-hydrogen) atoms. The summed E-state index contributed by atoms with van der Waals surface area (Å²) in [7, 11) is 0. The molecule has 3 rings (SSSR count). The van der Waals surface area contributed by atoms with E-state index in [-0.39, 0.29) is 11.6 Å². The molecule has 0 aliphatic rings. The number of nitrogens with one attached hydrogen (secondary N) is 4. The second-order valence-corrected chi connectivity index (χ2v) is 5.99. The van der Waals surface area contributed by atoms with Gasteiger partial charge in [0.25, 0.3) is 0 Å². The molecule has 4 N–H and O–H groups in total. The van der Waals surface area contributed by atoms with Gasteiger partial charge in [-0.3, -0.25) is 4.79 Å². The van der Waals surface area contributed by atoms with E-state index >= 15 is 0 Å². The molecule has 0 bridgehead atoms. The highest BCUT2D eigenvalue weighted by Gasteiger charge is 2.12. The topological polar surface area (TPSA) is 89.8 Å². The highest BCUT2D eigenvalue weighted by molar-refractivity contribution is 6.30. The average molecular weight is 345 g/mol. The lowest BCUT2D eigenvalue weighted by atomic mass is 10.2. The molecule has 1 unspecified atom stereocenters. The molecule has 124 valence electrons. The number of carbonyl (C=O) groups excluding carboxylic acids is 1. The van der Waals surface area contributed by atoms with Gasteiger partial charge in [0.1, 0.15) is 6.04 Å². The van der Waals surface area contributed by atoms with Gasteiger partial charge < -0.3 is 20.6 Å². The number of imidazole rings is 1. The lowest BCUT2D eigenvalue weighted by Gasteiger charge is -2.15. The molecule has 1 amide bonds. The molecule has 0 saturated carbocycles. The molecule has 1 aromatic heterocycles. The van der Waals surface area contributed by atoms with Crippen LogP contribution in [0.4, 0.5) is 5.69 Å². The lowest BCUT2D eigenvalue weighted by molar-refractivity contribution is -0.121. The summed E-state index contributed by atoms with van der Waals surface area (Å²) in [4.78, 5) is 28.8. The van der Waals surface area contributed by atoms with Gasteiger partial charge in [0.2, 0.25) is 5.91 Å². The van der Waals surface area contributed by atoms with Gasteiger partial charge >= 0.3 is 5.69 Å². The first-order valence-corrected chi connectivity index (χ1v) is 7.90. The van der Waals surface area contributed by atoms with Crippen molar-refractivity contribution in [2.45, 2.75) is 19.5 Å². The summed E-state index contributed by atoms with van der Waals surface area (Å²) in [5.74, 6) is -0.118. The predicted molar refractivity (Wildman–Crippen MR) is 95.3 cm³/mol. The van der Waals surface area contributed by atoms with E-state index < -0.39 is 6.04 Å². The van der Waals surface area contributed by atoms with Crippen molar-refractivity contribution in [1.82, 2.24) is 15.3 Å². The third kappa shape index (κ3) is 3.78. The summed E-state index contributed by atoms with van der Waals surface area (Å²) in [5, 5.41) is 6.66. The number of fused-ring (bicyclic) bond motifs is 1. The highest BCUT2D eigenvalue weighted by atomic mass is 35.5. The molecule has 0 radical (unpaired) electrons. The van der Waals surface area contributed by atoms with E-state index in [1.54, 1.807) is 31.2 Å². The fourth-order valence-electron chi connectivity index (χ4n) is 2.38. The summed E-state index contributed by atoms with van der Waals surface area (Å²) in [5.41, 5.74) is 2.90. The molecular weight excluding hydrogens is 328 g/mol. The van der Waals surface area contributed by atoms with Crippen molar-refractivity contribution >= 4 is 34.2 Å². The van der Waals surface area contributed by atoms with Gasteiger partial charge in [-0.05, 0) is 42.8 Å². The third-order valence-electron chi connectivity index (χ3n) is 3.67. The lowest BCUT2D eigenvalue weighted by Crippen LogP contribution is -2.37. The van der Waals surface area contributed by atoms with Crippen LogP contribution in [0.3, 0.4) is 0 Å². The summed E-state index contributed by atoms with van der Waals surface area (Å²) in [6, 6.07) is 12.3. The van der Waals surface area contributed by atoms with Crippen molar-refractivity contribution in [3.63, 3.8) is 0 Å². The summed E-state index contributed by atoms with van der Waals surface area (Å²) >= 11 is 5.84. The third-order valence-corrected chi connectivity index (χ3v) is 3.92. The number of benzene rings is 2. The molecular formula is C17H17ClN4O2. The van der Waals surface area contributed by atoms with E-state index in [1.807, 2.05) is 18.2 Å². The zero-order valence-electron chi connectivity index (χ0n) is 13.0. The minimum absolute atomic E-state index is 0.118. The maximum atomic E-state index is 12.2. The van der Waals surface area contributed by atoms with E-state index in [9.17, 15) is 9.59 Å². The number of hydrogen-bond acceptors (Lipinski definition) is 3. The SMILES string of the molecule is CC(Nc1ccc2[nH]c(=O)[nH]c2c1)C(=O)NCc1ccc(Cl)cc1. The number of H-pyrrole nitrogens is 2. The first kappa shape index (κ1) is 16.1. The van der Waals surface area contributed by atoms with E-state index in [0.717, 1.165) is 16.8 Å². The molecule has 0 spiro atoms. The molecule has 1 atom stereocenters. The Morgan fingerprint density at radius 3 is 2.58 bits per heavy atom. The van der Waals surface area contributed by atoms with Crippen LogP contribution in [0.5, 0.6) is 0 Å². The van der Waals surface area contributed by atoms with Crippen molar-refractivity contribution in [2.24, 2.45) is 0 Å². The predicted octanol–water partition coefficient (Wildman–Crippen LogP) is 2.63. The fraction of sp³-hybridized carbons (Fsp3) is 0.176. The van der Waals surface area contributed by atoms with Gasteiger partial charge in [-0.1, -0.05) is 23.7 Å². The largest absolute Gasteiger partial charge is 0.374 e. The molecule has 7 heteroatoms. The summed E-state index contributed by atoms with van der Waals surface area (Å²) in [6.07, 6.45) is 0. The number of halogens is 1. The maximum Gasteiger partial charge on any atom is 0.323 e. The van der Waals surface area contributed by atoms with Crippen LogP contribution >= 0.6 is 11.6 Å². The van der Waals surface area contributed by atoms with Crippen LogP contribution in [0, 0.1) is 0 Å². The Morgan fingerprint density at radius 1 is 1.12 bits per heavy atom. The van der Waals surface area contributed by atoms with Crippen LogP contribution in [0.2, 0.25) is 5.02 Å². The van der Waals surface area contributed by atoms with Crippen molar-refractivity contribution in [2.75, 3.05) is 5.32 Å². The van der Waals surface area contributed by atoms with Crippen LogP contribution < -0.4 is 16.3 Å². The van der Waals surface area contributed by atoms with Crippen LogP contribution in [0.1, 0.15) is 12.5 Å². The average Bonchev–Trinajstić information content (AvgIpc) is 2.93. The Hall–Kier alpha value is -2.73. The van der Waals surface area contributed by atoms with Gasteiger partial charge in [0, 0.05) is 17.3 Å². The van der Waals surface area contributed by atoms with Crippen molar-refractivity contribution < 1.29 is 4.79 Å². The molecule has 2 aromatic carbocycles. The molecule has 1 heterocycles. The monoisotopic (exact) mass is 344 g/mol. The summed E-state index contributed by atoms with van der Waals surface area (Å²) < 4.78 is 0. The zero-order chi connectivity index (χ0) is 17.1. The molecule has 0 aliphatic carbocycles. The first-order chi connectivity index (χ1) is 11.5. The highest BCUT2D eigenvalue weighted by Crippen LogP contribution is 2.15. The minimum atomic E-state index is -0.416. The number of hydrogen-bond donors (Lipinski definition) is 4. The fourth-order valence-corrected chi connectivity index (χ4v) is 2.51. The minimum Gasteiger partial charge on any atom is -0.374 e. The number of anilines is 1. The van der Waals surface area contributed by atoms with Gasteiger partial charge in [-0.15, -0.1) is 0 Å². The number of amides is 1. The second kappa shape index (κ2) is 6.80. The van der Waals surface area contributed by atoms with Crippen molar-refractivity contribution in [3.8, 4) is 0 Å². The number of carbonyl (C=O) groups is 1. The van der Waals surface area contributed by atoms with Gasteiger partial charge in [-0.25, -0.2) is 4.79 Å². The smallest absolute Gasteiger partial charge is 0.323 e. The Kier molecular flexibility index (Phi) is 4.57. The van der Waals surface area contributed by atoms with Crippen molar-refractivity contribution in [1.29, 1.82) is 0 Å². The van der Waals surface area contributed by atoms with Crippen molar-refractivity contribution in [3.05, 3.63) is 63.5 Å². The molecule has 0 fully saturated rings. The standard InChI is InChI=1S/C17H17ClN4O2/c1-10(16(23)19-9-11-2-4-12(18)5-3-11)20-13-6-7-14-15(8-13)22-17(24)21-14/h2-8,10,20H,9H2,1H3,(H,19,23)(H2,21,22,24). The van der Waals surface area contributed by atoms with Crippen LogP contribution in [-0.4, -0.2) is 21.9 Å². The second-order valence-electron chi connectivity index (χ2n) is 5.55. The van der Waals surface area contributed by atoms with E-state index in [0.29, 0.717) is 17.1 Å². The van der Waals surface area contributed by atoms with Crippen LogP contribution in [0.15, 0.2) is 47.3 Å². The van der Waals surface area contributed by atoms with E-state index in [1.165, 1.54) is 0 Å². The van der Waals surface area contributed by atoms with Gasteiger partial charge in [0.05, 0.1) is 11.0 Å². The van der Waals surface area contributed by atoms with Crippen LogP contribution in [-0.2, 0) is 11.3 Å². The quantitative estimate of drug-likeness (QED) is 0.573. The molecule has 0 saturated heterocycles. The number of aromatic amines is 2. The molecule has 6 nitrogen and oxygen atoms in total.